The summed E-state index contributed by atoms with van der Waals surface area (Å²) in [4.78, 5) is 23.5. The van der Waals surface area contributed by atoms with Gasteiger partial charge in [0.25, 0.3) is 5.56 Å². The maximum absolute atomic E-state index is 11.9. The van der Waals surface area contributed by atoms with Gasteiger partial charge >= 0.3 is 6.36 Å². The number of alkyl halides is 4. The summed E-state index contributed by atoms with van der Waals surface area (Å²) < 4.78 is 39.2. The van der Waals surface area contributed by atoms with Gasteiger partial charge in [-0.15, -0.1) is 13.2 Å². The lowest BCUT2D eigenvalue weighted by molar-refractivity contribution is -0.276. The molecule has 0 amide bonds. The number of aldehydes is 1. The fraction of sp³-hybridized carbons (Fsp3) is 0.250. The predicted octanol–water partition coefficient (Wildman–Crippen LogP) is 1.98. The summed E-state index contributed by atoms with van der Waals surface area (Å²) in [7, 11) is 0. The highest BCUT2D eigenvalue weighted by molar-refractivity contribution is 9.08. The topological polar surface area (TPSA) is 59.2 Å². The first-order chi connectivity index (χ1) is 7.37. The quantitative estimate of drug-likeness (QED) is 0.686. The van der Waals surface area contributed by atoms with E-state index in [4.69, 9.17) is 0 Å². The molecule has 1 aromatic rings. The van der Waals surface area contributed by atoms with Crippen LogP contribution in [-0.2, 0) is 5.33 Å². The molecule has 0 spiro atoms. The van der Waals surface area contributed by atoms with E-state index in [0.29, 0.717) is 0 Å². The number of aromatic amines is 1. The summed E-state index contributed by atoms with van der Waals surface area (Å²) in [6.07, 6.45) is -4.79. The van der Waals surface area contributed by atoms with Crippen molar-refractivity contribution in [2.24, 2.45) is 0 Å². The summed E-state index contributed by atoms with van der Waals surface area (Å²) >= 11 is 2.96. The first-order valence-electron chi connectivity index (χ1n) is 3.90. The number of ether oxygens (including phenoxy) is 1. The SMILES string of the molecule is O=Cc1cc(CBr)c(=O)[nH]c1OC(F)(F)F. The molecule has 88 valence electrons. The van der Waals surface area contributed by atoms with Crippen molar-refractivity contribution >= 4 is 22.2 Å². The zero-order valence-corrected chi connectivity index (χ0v) is 9.18. The monoisotopic (exact) mass is 299 g/mol. The van der Waals surface area contributed by atoms with Gasteiger partial charge in [-0.2, -0.15) is 0 Å². The van der Waals surface area contributed by atoms with Gasteiger partial charge in [-0.25, -0.2) is 0 Å². The van der Waals surface area contributed by atoms with Crippen LogP contribution in [0, 0.1) is 0 Å². The number of carbonyl (C=O) groups excluding carboxylic acids is 1. The Hall–Kier alpha value is -1.31. The molecule has 1 heterocycles. The van der Waals surface area contributed by atoms with E-state index in [1.54, 1.807) is 0 Å². The molecule has 1 rings (SSSR count). The Balaban J connectivity index is 3.24. The van der Waals surface area contributed by atoms with Crippen molar-refractivity contribution in [2.45, 2.75) is 11.7 Å². The Kier molecular flexibility index (Phi) is 3.74. The Bertz CT molecular complexity index is 455. The molecule has 0 unspecified atom stereocenters. The standard InChI is InChI=1S/C8H5BrF3NO3/c9-2-4-1-5(3-14)7(13-6(4)15)16-8(10,11)12/h1,3H,2H2,(H,13,15). The van der Waals surface area contributed by atoms with Crippen LogP contribution in [0.2, 0.25) is 0 Å². The molecule has 0 atom stereocenters. The van der Waals surface area contributed by atoms with Crippen LogP contribution >= 0.6 is 15.9 Å². The van der Waals surface area contributed by atoms with Crippen molar-refractivity contribution in [3.05, 3.63) is 27.5 Å². The minimum Gasteiger partial charge on any atom is -0.389 e. The lowest BCUT2D eigenvalue weighted by atomic mass is 10.2. The van der Waals surface area contributed by atoms with Crippen molar-refractivity contribution in [2.75, 3.05) is 0 Å². The Morgan fingerprint density at radius 2 is 2.12 bits per heavy atom. The summed E-state index contributed by atoms with van der Waals surface area (Å²) in [6, 6.07) is 1.03. The van der Waals surface area contributed by atoms with Crippen LogP contribution in [0.4, 0.5) is 13.2 Å². The van der Waals surface area contributed by atoms with E-state index in [-0.39, 0.29) is 22.7 Å². The van der Waals surface area contributed by atoms with Crippen LogP contribution in [0.15, 0.2) is 10.9 Å². The Labute approximate surface area is 95.5 Å². The number of pyridine rings is 1. The third-order valence-corrected chi connectivity index (χ3v) is 2.20. The van der Waals surface area contributed by atoms with Crippen molar-refractivity contribution < 1.29 is 22.7 Å². The number of aromatic nitrogens is 1. The average Bonchev–Trinajstić information content (AvgIpc) is 2.16. The first kappa shape index (κ1) is 12.8. The van der Waals surface area contributed by atoms with Crippen molar-refractivity contribution in [3.63, 3.8) is 0 Å². The minimum atomic E-state index is -4.96. The fourth-order valence-electron chi connectivity index (χ4n) is 0.961. The van der Waals surface area contributed by atoms with Crippen LogP contribution in [0.5, 0.6) is 5.88 Å². The molecule has 0 radical (unpaired) electrons. The summed E-state index contributed by atoms with van der Waals surface area (Å²) in [5, 5.41) is 0.121. The van der Waals surface area contributed by atoms with Gasteiger partial charge in [0.2, 0.25) is 5.88 Å². The highest BCUT2D eigenvalue weighted by Gasteiger charge is 2.32. The van der Waals surface area contributed by atoms with Gasteiger partial charge in [0.15, 0.2) is 6.29 Å². The van der Waals surface area contributed by atoms with Gasteiger partial charge in [0, 0.05) is 10.9 Å². The van der Waals surface area contributed by atoms with Gasteiger partial charge in [-0.05, 0) is 6.07 Å². The van der Waals surface area contributed by atoms with Crippen molar-refractivity contribution in [3.8, 4) is 5.88 Å². The van der Waals surface area contributed by atoms with Crippen LogP contribution in [0.1, 0.15) is 15.9 Å². The average molecular weight is 300 g/mol. The van der Waals surface area contributed by atoms with Gasteiger partial charge in [-0.1, -0.05) is 15.9 Å². The van der Waals surface area contributed by atoms with E-state index in [1.807, 2.05) is 4.98 Å². The minimum absolute atomic E-state index is 0.121. The molecule has 8 heteroatoms. The molecule has 0 aliphatic carbocycles. The first-order valence-corrected chi connectivity index (χ1v) is 5.02. The third-order valence-electron chi connectivity index (χ3n) is 1.60. The summed E-state index contributed by atoms with van der Waals surface area (Å²) in [6.45, 7) is 0. The number of rotatable bonds is 3. The van der Waals surface area contributed by atoms with Crippen molar-refractivity contribution in [1.82, 2.24) is 4.98 Å². The molecule has 0 aliphatic heterocycles. The smallest absolute Gasteiger partial charge is 0.389 e. The third kappa shape index (κ3) is 3.09. The van der Waals surface area contributed by atoms with Gasteiger partial charge in [0.05, 0.1) is 5.56 Å². The van der Waals surface area contributed by atoms with Crippen LogP contribution in [-0.4, -0.2) is 17.6 Å². The molecule has 0 fully saturated rings. The van der Waals surface area contributed by atoms with Gasteiger partial charge < -0.3 is 4.74 Å². The van der Waals surface area contributed by atoms with Crippen LogP contribution < -0.4 is 10.3 Å². The van der Waals surface area contributed by atoms with E-state index >= 15 is 0 Å². The molecule has 16 heavy (non-hydrogen) atoms. The lowest BCUT2D eigenvalue weighted by Gasteiger charge is -2.10. The number of halogens is 4. The second kappa shape index (κ2) is 4.69. The van der Waals surface area contributed by atoms with Crippen molar-refractivity contribution in [1.29, 1.82) is 0 Å². The summed E-state index contributed by atoms with van der Waals surface area (Å²) in [5.74, 6) is -0.905. The number of H-pyrrole nitrogens is 1. The molecule has 1 N–H and O–H groups in total. The van der Waals surface area contributed by atoms with Gasteiger partial charge in [-0.3, -0.25) is 14.6 Å². The van der Waals surface area contributed by atoms with E-state index < -0.39 is 17.8 Å². The van der Waals surface area contributed by atoms with Crippen LogP contribution in [0.3, 0.4) is 0 Å². The maximum Gasteiger partial charge on any atom is 0.574 e. The molecule has 0 saturated carbocycles. The molecule has 0 aromatic carbocycles. The van der Waals surface area contributed by atoms with E-state index in [1.165, 1.54) is 0 Å². The second-order valence-corrected chi connectivity index (χ2v) is 3.27. The highest BCUT2D eigenvalue weighted by Crippen LogP contribution is 2.22. The number of hydrogen-bond donors (Lipinski definition) is 1. The highest BCUT2D eigenvalue weighted by atomic mass is 79.9. The largest absolute Gasteiger partial charge is 0.574 e. The van der Waals surface area contributed by atoms with E-state index in [0.717, 1.165) is 6.07 Å². The molecule has 0 saturated heterocycles. The molecule has 1 aromatic heterocycles. The molecule has 0 bridgehead atoms. The Morgan fingerprint density at radius 1 is 1.50 bits per heavy atom. The molecular weight excluding hydrogens is 295 g/mol. The number of nitrogens with one attached hydrogen (secondary N) is 1. The number of carbonyl (C=O) groups is 1. The maximum atomic E-state index is 11.9. The lowest BCUT2D eigenvalue weighted by Crippen LogP contribution is -2.22. The van der Waals surface area contributed by atoms with Crippen LogP contribution in [0.25, 0.3) is 0 Å². The molecule has 0 aliphatic rings. The predicted molar refractivity (Wildman–Crippen MR) is 51.8 cm³/mol. The van der Waals surface area contributed by atoms with E-state index in [9.17, 15) is 22.8 Å². The second-order valence-electron chi connectivity index (χ2n) is 2.71. The molecular formula is C8H5BrF3NO3. The molecule has 4 nitrogen and oxygen atoms in total. The zero-order chi connectivity index (χ0) is 12.3. The Morgan fingerprint density at radius 3 is 2.56 bits per heavy atom. The number of hydrogen-bond acceptors (Lipinski definition) is 3. The van der Waals surface area contributed by atoms with Gasteiger partial charge in [0.1, 0.15) is 0 Å². The fourth-order valence-corrected chi connectivity index (χ4v) is 1.38. The zero-order valence-electron chi connectivity index (χ0n) is 7.60. The summed E-state index contributed by atoms with van der Waals surface area (Å²) in [5.41, 5.74) is -0.982. The normalized spacial score (nSPS) is 11.2. The van der Waals surface area contributed by atoms with E-state index in [2.05, 4.69) is 20.7 Å².